The molecule has 13 heavy (non-hydrogen) atoms. The summed E-state index contributed by atoms with van der Waals surface area (Å²) < 4.78 is 11.5. The predicted octanol–water partition coefficient (Wildman–Crippen LogP) is 3.11. The molecule has 0 aromatic rings. The minimum absolute atomic E-state index is 0.299. The van der Waals surface area contributed by atoms with Crippen molar-refractivity contribution >= 4 is 0 Å². The molecule has 1 saturated heterocycles. The fourth-order valence-corrected chi connectivity index (χ4v) is 1.79. The maximum absolute atomic E-state index is 5.80. The van der Waals surface area contributed by atoms with Crippen LogP contribution in [0.1, 0.15) is 52.9 Å². The zero-order chi connectivity index (χ0) is 9.73. The lowest BCUT2D eigenvalue weighted by molar-refractivity contribution is -0.283. The summed E-state index contributed by atoms with van der Waals surface area (Å²) in [6, 6.07) is 0. The summed E-state index contributed by atoms with van der Waals surface area (Å²) in [7, 11) is 0. The highest BCUT2D eigenvalue weighted by Gasteiger charge is 2.31. The average molecular weight is 186 g/mol. The standard InChI is InChI=1S/C11H22O2/c1-4-5-6-8-11(3)12-9-7-10(2)13-11/h10H,4-9H2,1-3H3/t10-,11-/m1/s1. The Morgan fingerprint density at radius 1 is 1.38 bits per heavy atom. The van der Waals surface area contributed by atoms with Crippen LogP contribution in [0.3, 0.4) is 0 Å². The summed E-state index contributed by atoms with van der Waals surface area (Å²) in [5.41, 5.74) is 0. The molecular weight excluding hydrogens is 164 g/mol. The SMILES string of the molecule is CCCCC[C@]1(C)OCC[C@@H](C)O1. The first-order chi connectivity index (χ1) is 6.16. The molecule has 0 aromatic heterocycles. The van der Waals surface area contributed by atoms with E-state index >= 15 is 0 Å². The third kappa shape index (κ3) is 3.65. The van der Waals surface area contributed by atoms with E-state index in [0.29, 0.717) is 6.10 Å². The Hall–Kier alpha value is -0.0800. The van der Waals surface area contributed by atoms with E-state index in [9.17, 15) is 0 Å². The van der Waals surface area contributed by atoms with Crippen LogP contribution in [0, 0.1) is 0 Å². The topological polar surface area (TPSA) is 18.5 Å². The summed E-state index contributed by atoms with van der Waals surface area (Å²) >= 11 is 0. The van der Waals surface area contributed by atoms with Gasteiger partial charge in [-0.15, -0.1) is 0 Å². The molecule has 1 aliphatic heterocycles. The first-order valence-electron chi connectivity index (χ1n) is 5.48. The number of hydrogen-bond acceptors (Lipinski definition) is 2. The minimum atomic E-state index is -0.299. The van der Waals surface area contributed by atoms with Crippen molar-refractivity contribution in [1.82, 2.24) is 0 Å². The van der Waals surface area contributed by atoms with Crippen molar-refractivity contribution in [2.75, 3.05) is 6.61 Å². The van der Waals surface area contributed by atoms with Gasteiger partial charge < -0.3 is 9.47 Å². The van der Waals surface area contributed by atoms with Crippen LogP contribution in [0.25, 0.3) is 0 Å². The highest BCUT2D eigenvalue weighted by atomic mass is 16.7. The number of ether oxygens (including phenoxy) is 2. The van der Waals surface area contributed by atoms with Gasteiger partial charge in [-0.1, -0.05) is 19.8 Å². The maximum atomic E-state index is 5.80. The van der Waals surface area contributed by atoms with Gasteiger partial charge in [0, 0.05) is 6.42 Å². The number of hydrogen-bond donors (Lipinski definition) is 0. The Morgan fingerprint density at radius 2 is 2.15 bits per heavy atom. The van der Waals surface area contributed by atoms with Crippen molar-refractivity contribution in [3.63, 3.8) is 0 Å². The van der Waals surface area contributed by atoms with Gasteiger partial charge in [0.1, 0.15) is 0 Å². The second-order valence-corrected chi connectivity index (χ2v) is 4.16. The lowest BCUT2D eigenvalue weighted by Crippen LogP contribution is -2.41. The lowest BCUT2D eigenvalue weighted by Gasteiger charge is -2.37. The van der Waals surface area contributed by atoms with Gasteiger partial charge in [-0.25, -0.2) is 0 Å². The Bertz CT molecular complexity index is 147. The minimum Gasteiger partial charge on any atom is -0.350 e. The molecule has 1 fully saturated rings. The molecule has 0 N–H and O–H groups in total. The Kier molecular flexibility index (Phi) is 4.20. The molecule has 0 aromatic carbocycles. The van der Waals surface area contributed by atoms with Gasteiger partial charge in [0.25, 0.3) is 0 Å². The van der Waals surface area contributed by atoms with Crippen LogP contribution in [0.5, 0.6) is 0 Å². The van der Waals surface area contributed by atoms with Crippen LogP contribution >= 0.6 is 0 Å². The molecule has 0 amide bonds. The van der Waals surface area contributed by atoms with Gasteiger partial charge in [0.2, 0.25) is 0 Å². The molecule has 78 valence electrons. The fourth-order valence-electron chi connectivity index (χ4n) is 1.79. The Labute approximate surface area is 81.6 Å². The Morgan fingerprint density at radius 3 is 2.77 bits per heavy atom. The van der Waals surface area contributed by atoms with Gasteiger partial charge in [-0.2, -0.15) is 0 Å². The largest absolute Gasteiger partial charge is 0.350 e. The van der Waals surface area contributed by atoms with Crippen LogP contribution in [0.2, 0.25) is 0 Å². The second-order valence-electron chi connectivity index (χ2n) is 4.16. The summed E-state index contributed by atoms with van der Waals surface area (Å²) in [5.74, 6) is -0.299. The van der Waals surface area contributed by atoms with Gasteiger partial charge in [0.05, 0.1) is 12.7 Å². The average Bonchev–Trinajstić information content (AvgIpc) is 2.04. The van der Waals surface area contributed by atoms with Crippen LogP contribution in [0.4, 0.5) is 0 Å². The van der Waals surface area contributed by atoms with E-state index in [-0.39, 0.29) is 5.79 Å². The summed E-state index contributed by atoms with van der Waals surface area (Å²) in [6.45, 7) is 7.26. The summed E-state index contributed by atoms with van der Waals surface area (Å²) in [6.07, 6.45) is 6.16. The molecular formula is C11H22O2. The van der Waals surface area contributed by atoms with Gasteiger partial charge >= 0.3 is 0 Å². The van der Waals surface area contributed by atoms with Gasteiger partial charge in [-0.05, 0) is 26.7 Å². The first-order valence-corrected chi connectivity index (χ1v) is 5.48. The number of rotatable bonds is 4. The van der Waals surface area contributed by atoms with Crippen molar-refractivity contribution in [2.45, 2.75) is 64.8 Å². The highest BCUT2D eigenvalue weighted by Crippen LogP contribution is 2.27. The van der Waals surface area contributed by atoms with Crippen LogP contribution in [0.15, 0.2) is 0 Å². The van der Waals surface area contributed by atoms with E-state index < -0.39 is 0 Å². The van der Waals surface area contributed by atoms with Crippen LogP contribution in [-0.4, -0.2) is 18.5 Å². The monoisotopic (exact) mass is 186 g/mol. The molecule has 0 unspecified atom stereocenters. The molecule has 0 aliphatic carbocycles. The molecule has 2 heteroatoms. The molecule has 0 radical (unpaired) electrons. The quantitative estimate of drug-likeness (QED) is 0.628. The second kappa shape index (κ2) is 4.97. The third-order valence-electron chi connectivity index (χ3n) is 2.62. The van der Waals surface area contributed by atoms with Crippen molar-refractivity contribution in [1.29, 1.82) is 0 Å². The molecule has 2 atom stereocenters. The van der Waals surface area contributed by atoms with Crippen molar-refractivity contribution < 1.29 is 9.47 Å². The van der Waals surface area contributed by atoms with Crippen molar-refractivity contribution in [3.8, 4) is 0 Å². The highest BCUT2D eigenvalue weighted by molar-refractivity contribution is 4.70. The van der Waals surface area contributed by atoms with Gasteiger partial charge in [-0.3, -0.25) is 0 Å². The lowest BCUT2D eigenvalue weighted by atomic mass is 10.1. The first kappa shape index (κ1) is 11.0. The molecule has 1 aliphatic rings. The van der Waals surface area contributed by atoms with Crippen LogP contribution < -0.4 is 0 Å². The zero-order valence-electron chi connectivity index (χ0n) is 9.14. The van der Waals surface area contributed by atoms with Crippen molar-refractivity contribution in [3.05, 3.63) is 0 Å². The van der Waals surface area contributed by atoms with E-state index in [1.165, 1.54) is 19.3 Å². The van der Waals surface area contributed by atoms with E-state index in [4.69, 9.17) is 9.47 Å². The van der Waals surface area contributed by atoms with Crippen molar-refractivity contribution in [2.24, 2.45) is 0 Å². The summed E-state index contributed by atoms with van der Waals surface area (Å²) in [4.78, 5) is 0. The molecule has 0 saturated carbocycles. The molecule has 1 rings (SSSR count). The van der Waals surface area contributed by atoms with E-state index in [1.807, 2.05) is 0 Å². The predicted molar refractivity (Wildman–Crippen MR) is 53.7 cm³/mol. The van der Waals surface area contributed by atoms with Crippen LogP contribution in [-0.2, 0) is 9.47 Å². The fraction of sp³-hybridized carbons (Fsp3) is 1.00. The molecule has 0 spiro atoms. The zero-order valence-corrected chi connectivity index (χ0v) is 9.14. The van der Waals surface area contributed by atoms with Gasteiger partial charge in [0.15, 0.2) is 5.79 Å². The maximum Gasteiger partial charge on any atom is 0.165 e. The molecule has 2 nitrogen and oxygen atoms in total. The normalized spacial score (nSPS) is 34.8. The summed E-state index contributed by atoms with van der Waals surface area (Å²) in [5, 5.41) is 0. The molecule has 1 heterocycles. The Balaban J connectivity index is 2.27. The number of unbranched alkanes of at least 4 members (excludes halogenated alkanes) is 2. The van der Waals surface area contributed by atoms with E-state index in [2.05, 4.69) is 20.8 Å². The van der Waals surface area contributed by atoms with E-state index in [0.717, 1.165) is 19.4 Å². The third-order valence-corrected chi connectivity index (χ3v) is 2.62. The molecule has 0 bridgehead atoms. The smallest absolute Gasteiger partial charge is 0.165 e. The van der Waals surface area contributed by atoms with E-state index in [1.54, 1.807) is 0 Å².